The van der Waals surface area contributed by atoms with Crippen LogP contribution in [-0.4, -0.2) is 11.8 Å². The summed E-state index contributed by atoms with van der Waals surface area (Å²) in [5.41, 5.74) is 9.67. The highest BCUT2D eigenvalue weighted by atomic mass is 32.2. The van der Waals surface area contributed by atoms with Crippen LogP contribution >= 0.6 is 11.8 Å². The lowest BCUT2D eigenvalue weighted by Crippen LogP contribution is -2.38. The Morgan fingerprint density at radius 3 is 2.78 bits per heavy atom. The third kappa shape index (κ3) is 2.00. The maximum Gasteiger partial charge on any atom is 0.0110 e. The quantitative estimate of drug-likeness (QED) is 0.874. The predicted octanol–water partition coefficient (Wildman–Crippen LogP) is 3.88. The van der Waals surface area contributed by atoms with E-state index in [-0.39, 0.29) is 5.41 Å². The van der Waals surface area contributed by atoms with Crippen LogP contribution in [0.25, 0.3) is 0 Å². The summed E-state index contributed by atoms with van der Waals surface area (Å²) >= 11 is 2.04. The standard InChI is InChI=1S/C16H23NS/c1-12-10-13-14(6-5-7-15(13)18-12)16(11-17)8-3-2-4-9-16/h5-7,12H,2-4,8-11,17H2,1H3. The maximum absolute atomic E-state index is 6.19. The summed E-state index contributed by atoms with van der Waals surface area (Å²) in [6, 6.07) is 6.89. The normalized spacial score (nSPS) is 26.0. The minimum atomic E-state index is 0.286. The van der Waals surface area contributed by atoms with Crippen molar-refractivity contribution in [3.63, 3.8) is 0 Å². The molecule has 1 aliphatic heterocycles. The second-order valence-corrected chi connectivity index (χ2v) is 7.44. The molecule has 2 N–H and O–H groups in total. The molecule has 0 amide bonds. The van der Waals surface area contributed by atoms with E-state index in [0.29, 0.717) is 0 Å². The molecular weight excluding hydrogens is 238 g/mol. The fourth-order valence-corrected chi connectivity index (χ4v) is 4.92. The van der Waals surface area contributed by atoms with Gasteiger partial charge in [0.1, 0.15) is 0 Å². The summed E-state index contributed by atoms with van der Waals surface area (Å²) in [6.45, 7) is 3.16. The van der Waals surface area contributed by atoms with E-state index in [1.165, 1.54) is 43.4 Å². The highest BCUT2D eigenvalue weighted by Crippen LogP contribution is 2.46. The Kier molecular flexibility index (Phi) is 3.42. The Labute approximate surface area is 115 Å². The number of rotatable bonds is 2. The van der Waals surface area contributed by atoms with Crippen molar-refractivity contribution in [1.29, 1.82) is 0 Å². The predicted molar refractivity (Wildman–Crippen MR) is 79.3 cm³/mol. The van der Waals surface area contributed by atoms with Crippen LogP contribution in [0.1, 0.15) is 50.2 Å². The third-order valence-corrected chi connectivity index (χ3v) is 5.93. The molecule has 1 aromatic carbocycles. The summed E-state index contributed by atoms with van der Waals surface area (Å²) < 4.78 is 0. The van der Waals surface area contributed by atoms with Gasteiger partial charge in [0.2, 0.25) is 0 Å². The number of benzene rings is 1. The fraction of sp³-hybridized carbons (Fsp3) is 0.625. The van der Waals surface area contributed by atoms with Crippen LogP contribution in [0.5, 0.6) is 0 Å². The Hall–Kier alpha value is -0.470. The van der Waals surface area contributed by atoms with Crippen molar-refractivity contribution in [3.8, 4) is 0 Å². The molecule has 0 bridgehead atoms. The van der Waals surface area contributed by atoms with Crippen molar-refractivity contribution in [2.75, 3.05) is 6.54 Å². The molecule has 1 heterocycles. The Balaban J connectivity index is 2.03. The van der Waals surface area contributed by atoms with Gasteiger partial charge in [-0.05, 0) is 36.5 Å². The molecule has 3 rings (SSSR count). The zero-order valence-electron chi connectivity index (χ0n) is 11.2. The SMILES string of the molecule is CC1Cc2c(cccc2C2(CN)CCCCC2)S1. The summed E-state index contributed by atoms with van der Waals surface area (Å²) in [4.78, 5) is 1.51. The van der Waals surface area contributed by atoms with E-state index in [2.05, 4.69) is 25.1 Å². The van der Waals surface area contributed by atoms with Crippen molar-refractivity contribution in [2.45, 2.75) is 61.0 Å². The smallest absolute Gasteiger partial charge is 0.0110 e. The number of thioether (sulfide) groups is 1. The van der Waals surface area contributed by atoms with Gasteiger partial charge in [-0.3, -0.25) is 0 Å². The lowest BCUT2D eigenvalue weighted by Gasteiger charge is -2.38. The zero-order valence-corrected chi connectivity index (χ0v) is 12.1. The van der Waals surface area contributed by atoms with Gasteiger partial charge in [-0.1, -0.05) is 38.3 Å². The average molecular weight is 261 g/mol. The molecule has 1 atom stereocenters. The van der Waals surface area contributed by atoms with Crippen molar-refractivity contribution >= 4 is 11.8 Å². The molecule has 1 aliphatic carbocycles. The number of hydrogen-bond donors (Lipinski definition) is 1. The molecule has 0 radical (unpaired) electrons. The average Bonchev–Trinajstić information content (AvgIpc) is 2.79. The highest BCUT2D eigenvalue weighted by Gasteiger charge is 2.36. The Morgan fingerprint density at radius 1 is 1.28 bits per heavy atom. The highest BCUT2D eigenvalue weighted by molar-refractivity contribution is 8.00. The van der Waals surface area contributed by atoms with Gasteiger partial charge in [0, 0.05) is 22.1 Å². The first-order valence-corrected chi connectivity index (χ1v) is 8.12. The van der Waals surface area contributed by atoms with Crippen molar-refractivity contribution in [1.82, 2.24) is 0 Å². The van der Waals surface area contributed by atoms with Crippen LogP contribution in [0, 0.1) is 0 Å². The summed E-state index contributed by atoms with van der Waals surface area (Å²) in [5.74, 6) is 0. The van der Waals surface area contributed by atoms with Crippen LogP contribution in [0.3, 0.4) is 0 Å². The molecule has 0 spiro atoms. The van der Waals surface area contributed by atoms with Crippen molar-refractivity contribution < 1.29 is 0 Å². The van der Waals surface area contributed by atoms with E-state index in [1.54, 1.807) is 11.1 Å². The lowest BCUT2D eigenvalue weighted by atomic mass is 9.68. The van der Waals surface area contributed by atoms with E-state index in [4.69, 9.17) is 5.73 Å². The van der Waals surface area contributed by atoms with E-state index >= 15 is 0 Å². The Morgan fingerprint density at radius 2 is 2.06 bits per heavy atom. The van der Waals surface area contributed by atoms with Gasteiger partial charge in [0.25, 0.3) is 0 Å². The van der Waals surface area contributed by atoms with E-state index in [9.17, 15) is 0 Å². The first-order valence-electron chi connectivity index (χ1n) is 7.24. The summed E-state index contributed by atoms with van der Waals surface area (Å²) in [5, 5.41) is 0.736. The molecule has 1 nitrogen and oxygen atoms in total. The Bertz CT molecular complexity index is 435. The van der Waals surface area contributed by atoms with Crippen LogP contribution in [0.2, 0.25) is 0 Å². The largest absolute Gasteiger partial charge is 0.330 e. The van der Waals surface area contributed by atoms with Crippen LogP contribution in [-0.2, 0) is 11.8 Å². The molecule has 18 heavy (non-hydrogen) atoms. The van der Waals surface area contributed by atoms with Crippen molar-refractivity contribution in [2.24, 2.45) is 5.73 Å². The van der Waals surface area contributed by atoms with Gasteiger partial charge in [-0.15, -0.1) is 11.8 Å². The third-order valence-electron chi connectivity index (χ3n) is 4.73. The minimum Gasteiger partial charge on any atom is -0.330 e. The second kappa shape index (κ2) is 4.90. The molecule has 98 valence electrons. The first-order chi connectivity index (χ1) is 8.75. The van der Waals surface area contributed by atoms with Gasteiger partial charge >= 0.3 is 0 Å². The van der Waals surface area contributed by atoms with E-state index < -0.39 is 0 Å². The zero-order chi connectivity index (χ0) is 12.6. The molecule has 0 saturated heterocycles. The van der Waals surface area contributed by atoms with Gasteiger partial charge < -0.3 is 5.73 Å². The van der Waals surface area contributed by atoms with Crippen LogP contribution in [0.15, 0.2) is 23.1 Å². The number of fused-ring (bicyclic) bond motifs is 1. The fourth-order valence-electron chi connectivity index (χ4n) is 3.74. The molecule has 0 aromatic heterocycles. The van der Waals surface area contributed by atoms with Crippen LogP contribution in [0.4, 0.5) is 0 Å². The topological polar surface area (TPSA) is 26.0 Å². The van der Waals surface area contributed by atoms with Gasteiger partial charge in [0.15, 0.2) is 0 Å². The molecule has 2 heteroatoms. The minimum absolute atomic E-state index is 0.286. The summed E-state index contributed by atoms with van der Waals surface area (Å²) in [7, 11) is 0. The van der Waals surface area contributed by atoms with Crippen molar-refractivity contribution in [3.05, 3.63) is 29.3 Å². The number of nitrogens with two attached hydrogens (primary N) is 1. The van der Waals surface area contributed by atoms with E-state index in [1.807, 2.05) is 11.8 Å². The molecule has 1 fully saturated rings. The van der Waals surface area contributed by atoms with Gasteiger partial charge in [0.05, 0.1) is 0 Å². The molecule has 1 saturated carbocycles. The molecule has 2 aliphatic rings. The first kappa shape index (κ1) is 12.6. The lowest BCUT2D eigenvalue weighted by molar-refractivity contribution is 0.298. The monoisotopic (exact) mass is 261 g/mol. The van der Waals surface area contributed by atoms with Gasteiger partial charge in [-0.2, -0.15) is 0 Å². The summed E-state index contributed by atoms with van der Waals surface area (Å²) in [6.07, 6.45) is 7.91. The second-order valence-electron chi connectivity index (χ2n) is 5.96. The molecule has 1 aromatic rings. The number of hydrogen-bond acceptors (Lipinski definition) is 2. The molecule has 1 unspecified atom stereocenters. The maximum atomic E-state index is 6.19. The van der Waals surface area contributed by atoms with Gasteiger partial charge in [-0.25, -0.2) is 0 Å². The molecular formula is C16H23NS. The van der Waals surface area contributed by atoms with E-state index in [0.717, 1.165) is 11.8 Å². The van der Waals surface area contributed by atoms with Crippen LogP contribution < -0.4 is 5.73 Å².